The molecule has 0 aliphatic heterocycles. The molecule has 0 saturated heterocycles. The molecular weight excluding hydrogens is 180 g/mol. The van der Waals surface area contributed by atoms with Crippen LogP contribution in [0.2, 0.25) is 0 Å². The highest BCUT2D eigenvalue weighted by molar-refractivity contribution is 8.02. The molecular formula is C3H8O3S3. The smallest absolute Gasteiger partial charge is 0.259 e. The second kappa shape index (κ2) is 4.43. The van der Waals surface area contributed by atoms with Gasteiger partial charge in [0, 0.05) is 0 Å². The second-order valence-electron chi connectivity index (χ2n) is 1.21. The zero-order valence-electron chi connectivity index (χ0n) is 4.90. The molecule has 0 amide bonds. The first kappa shape index (κ1) is 9.61. The lowest BCUT2D eigenvalue weighted by Gasteiger charge is -1.97. The molecule has 0 rings (SSSR count). The van der Waals surface area contributed by atoms with Crippen molar-refractivity contribution in [2.75, 3.05) is 17.3 Å². The zero-order chi connectivity index (χ0) is 7.33. The van der Waals surface area contributed by atoms with Gasteiger partial charge >= 0.3 is 0 Å². The quantitative estimate of drug-likeness (QED) is 0.397. The number of thiol groups is 1. The van der Waals surface area contributed by atoms with Crippen molar-refractivity contribution in [1.82, 2.24) is 0 Å². The Hall–Kier alpha value is 0.610. The highest BCUT2D eigenvalue weighted by Crippen LogP contribution is 2.00. The van der Waals surface area contributed by atoms with E-state index in [4.69, 9.17) is 0 Å². The number of rotatable bonds is 4. The minimum Gasteiger partial charge on any atom is -0.259 e. The van der Waals surface area contributed by atoms with Crippen LogP contribution < -0.4 is 0 Å². The molecule has 9 heavy (non-hydrogen) atoms. The lowest BCUT2D eigenvalue weighted by molar-refractivity contribution is 0.385. The summed E-state index contributed by atoms with van der Waals surface area (Å²) in [6.45, 7) is 0. The molecule has 0 aromatic rings. The molecule has 0 unspecified atom stereocenters. The number of hydrogen-bond acceptors (Lipinski definition) is 5. The third-order valence-electron chi connectivity index (χ3n) is 0.504. The molecule has 0 N–H and O–H groups in total. The first-order valence-electron chi connectivity index (χ1n) is 2.09. The van der Waals surface area contributed by atoms with Gasteiger partial charge in [0.2, 0.25) is 0 Å². The molecule has 0 aromatic carbocycles. The lowest BCUT2D eigenvalue weighted by atomic mass is 11.7. The predicted octanol–water partition coefficient (Wildman–Crippen LogP) is 0.541. The van der Waals surface area contributed by atoms with Gasteiger partial charge < -0.3 is 0 Å². The SMILES string of the molecule is CSCOS(=O)(=O)CS. The summed E-state index contributed by atoms with van der Waals surface area (Å²) in [5.74, 6) is 0.170. The minimum absolute atomic E-state index is 0.170. The molecule has 0 aromatic heterocycles. The van der Waals surface area contributed by atoms with Gasteiger partial charge in [0.15, 0.2) is 0 Å². The van der Waals surface area contributed by atoms with E-state index in [-0.39, 0.29) is 11.0 Å². The maximum Gasteiger partial charge on any atom is 0.277 e. The molecule has 0 bridgehead atoms. The van der Waals surface area contributed by atoms with E-state index in [0.29, 0.717) is 0 Å². The molecule has 6 heteroatoms. The normalized spacial score (nSPS) is 11.8. The fourth-order valence-electron chi connectivity index (χ4n) is 0.159. The van der Waals surface area contributed by atoms with Gasteiger partial charge in [0.05, 0.1) is 0 Å². The fraction of sp³-hybridized carbons (Fsp3) is 1.00. The van der Waals surface area contributed by atoms with Crippen LogP contribution in [0.25, 0.3) is 0 Å². The molecule has 0 fully saturated rings. The molecule has 0 atom stereocenters. The minimum atomic E-state index is -3.34. The van der Waals surface area contributed by atoms with Crippen LogP contribution in [-0.4, -0.2) is 25.7 Å². The third kappa shape index (κ3) is 5.07. The maximum atomic E-state index is 10.4. The molecule has 0 radical (unpaired) electrons. The maximum absolute atomic E-state index is 10.4. The van der Waals surface area contributed by atoms with Gasteiger partial charge in [0.1, 0.15) is 11.0 Å². The number of hydrogen-bond donors (Lipinski definition) is 1. The van der Waals surface area contributed by atoms with Gasteiger partial charge in [-0.3, -0.25) is 4.18 Å². The van der Waals surface area contributed by atoms with Gasteiger partial charge in [-0.25, -0.2) is 0 Å². The van der Waals surface area contributed by atoms with Crippen molar-refractivity contribution in [1.29, 1.82) is 0 Å². The van der Waals surface area contributed by atoms with Crippen LogP contribution in [0, 0.1) is 0 Å². The van der Waals surface area contributed by atoms with Crippen LogP contribution in [-0.2, 0) is 14.3 Å². The Bertz CT molecular complexity index is 150. The van der Waals surface area contributed by atoms with Crippen molar-refractivity contribution in [2.24, 2.45) is 0 Å². The van der Waals surface area contributed by atoms with E-state index in [1.54, 1.807) is 6.26 Å². The summed E-state index contributed by atoms with van der Waals surface area (Å²) >= 11 is 4.86. The van der Waals surface area contributed by atoms with Gasteiger partial charge in [0.25, 0.3) is 10.1 Å². The zero-order valence-corrected chi connectivity index (χ0v) is 7.43. The first-order valence-corrected chi connectivity index (χ1v) is 5.69. The van der Waals surface area contributed by atoms with Crippen molar-refractivity contribution in [3.63, 3.8) is 0 Å². The molecule has 0 spiro atoms. The van der Waals surface area contributed by atoms with E-state index < -0.39 is 10.1 Å². The Balaban J connectivity index is 3.61. The predicted molar refractivity (Wildman–Crippen MR) is 42.2 cm³/mol. The Morgan fingerprint density at radius 1 is 1.67 bits per heavy atom. The van der Waals surface area contributed by atoms with E-state index in [0.717, 1.165) is 0 Å². The summed E-state index contributed by atoms with van der Waals surface area (Å²) in [6.07, 6.45) is 1.76. The standard InChI is InChI=1S/C3H8O3S3/c1-8-2-6-9(4,5)3-7/h7H,2-3H2,1H3. The van der Waals surface area contributed by atoms with Crippen molar-refractivity contribution in [3.8, 4) is 0 Å². The van der Waals surface area contributed by atoms with Crippen molar-refractivity contribution < 1.29 is 12.6 Å². The summed E-state index contributed by atoms with van der Waals surface area (Å²) in [5, 5.41) is -0.256. The Morgan fingerprint density at radius 3 is 2.56 bits per heavy atom. The largest absolute Gasteiger partial charge is 0.277 e. The van der Waals surface area contributed by atoms with Crippen LogP contribution in [0.4, 0.5) is 0 Å². The summed E-state index contributed by atoms with van der Waals surface area (Å²) in [4.78, 5) is 0. The van der Waals surface area contributed by atoms with Crippen LogP contribution >= 0.6 is 24.4 Å². The highest BCUT2D eigenvalue weighted by atomic mass is 32.3. The van der Waals surface area contributed by atoms with E-state index in [1.165, 1.54) is 11.8 Å². The van der Waals surface area contributed by atoms with E-state index in [1.807, 2.05) is 0 Å². The lowest BCUT2D eigenvalue weighted by Crippen LogP contribution is -2.05. The van der Waals surface area contributed by atoms with Gasteiger partial charge in [-0.15, -0.1) is 11.8 Å². The fourth-order valence-corrected chi connectivity index (χ4v) is 1.43. The average molecular weight is 188 g/mol. The molecule has 0 aliphatic carbocycles. The van der Waals surface area contributed by atoms with E-state index in [2.05, 4.69) is 16.8 Å². The summed E-state index contributed by atoms with van der Waals surface area (Å²) in [6, 6.07) is 0. The summed E-state index contributed by atoms with van der Waals surface area (Å²) < 4.78 is 25.3. The van der Waals surface area contributed by atoms with Crippen LogP contribution in [0.5, 0.6) is 0 Å². The third-order valence-corrected chi connectivity index (χ3v) is 2.75. The monoisotopic (exact) mass is 188 g/mol. The van der Waals surface area contributed by atoms with Crippen LogP contribution in [0.15, 0.2) is 0 Å². The highest BCUT2D eigenvalue weighted by Gasteiger charge is 2.05. The topological polar surface area (TPSA) is 43.4 Å². The van der Waals surface area contributed by atoms with E-state index >= 15 is 0 Å². The Morgan fingerprint density at radius 2 is 2.22 bits per heavy atom. The summed E-state index contributed by atoms with van der Waals surface area (Å²) in [5.41, 5.74) is 0. The van der Waals surface area contributed by atoms with Crippen LogP contribution in [0.1, 0.15) is 0 Å². The number of thioether (sulfide) groups is 1. The van der Waals surface area contributed by atoms with Gasteiger partial charge in [-0.1, -0.05) is 0 Å². The first-order chi connectivity index (χ1) is 4.12. The second-order valence-corrected chi connectivity index (χ2v) is 4.41. The van der Waals surface area contributed by atoms with Crippen molar-refractivity contribution in [3.05, 3.63) is 0 Å². The van der Waals surface area contributed by atoms with Gasteiger partial charge in [-0.2, -0.15) is 21.0 Å². The molecule has 0 saturated carbocycles. The van der Waals surface area contributed by atoms with Crippen molar-refractivity contribution in [2.45, 2.75) is 0 Å². The molecule has 0 heterocycles. The average Bonchev–Trinajstić information content (AvgIpc) is 1.84. The molecule has 56 valence electrons. The van der Waals surface area contributed by atoms with Crippen LogP contribution in [0.3, 0.4) is 0 Å². The van der Waals surface area contributed by atoms with Crippen molar-refractivity contribution >= 4 is 34.5 Å². The van der Waals surface area contributed by atoms with E-state index in [9.17, 15) is 8.42 Å². The molecule has 3 nitrogen and oxygen atoms in total. The van der Waals surface area contributed by atoms with Gasteiger partial charge in [-0.05, 0) is 6.26 Å². The Labute approximate surface area is 64.7 Å². The Kier molecular flexibility index (Phi) is 4.73. The summed E-state index contributed by atoms with van der Waals surface area (Å²) in [7, 11) is -3.34. The molecule has 0 aliphatic rings.